The highest BCUT2D eigenvalue weighted by atomic mass is 19.1. The first-order chi connectivity index (χ1) is 10.1. The number of halogens is 2. The molecule has 0 fully saturated rings. The molecule has 0 saturated carbocycles. The van der Waals surface area contributed by atoms with Crippen LogP contribution in [-0.4, -0.2) is 20.2 Å². The smallest absolute Gasteiger partial charge is 0.189 e. The van der Waals surface area contributed by atoms with Crippen LogP contribution in [0.2, 0.25) is 0 Å². The maximum Gasteiger partial charge on any atom is 0.189 e. The molecule has 1 heterocycles. The number of nitrogen functional groups attached to an aromatic ring is 1. The van der Waals surface area contributed by atoms with Crippen LogP contribution in [0.1, 0.15) is 5.56 Å². The highest BCUT2D eigenvalue weighted by Gasteiger charge is 2.19. The molecule has 21 heavy (non-hydrogen) atoms. The zero-order valence-electron chi connectivity index (χ0n) is 11.1. The van der Waals surface area contributed by atoms with Gasteiger partial charge in [-0.1, -0.05) is 18.2 Å². The SMILES string of the molecule is Cc1cccc(-c2nnnn2-c2c(F)cccc2F)c1N. The molecule has 0 saturated heterocycles. The topological polar surface area (TPSA) is 69.6 Å². The van der Waals surface area contributed by atoms with Gasteiger partial charge in [-0.15, -0.1) is 5.10 Å². The van der Waals surface area contributed by atoms with Gasteiger partial charge >= 0.3 is 0 Å². The first-order valence-electron chi connectivity index (χ1n) is 6.18. The van der Waals surface area contributed by atoms with Gasteiger partial charge in [0, 0.05) is 11.3 Å². The van der Waals surface area contributed by atoms with Crippen molar-refractivity contribution in [1.29, 1.82) is 0 Å². The van der Waals surface area contributed by atoms with Crippen LogP contribution in [0.4, 0.5) is 14.5 Å². The highest BCUT2D eigenvalue weighted by molar-refractivity contribution is 5.74. The standard InChI is InChI=1S/C14H11F2N5/c1-8-4-2-5-9(12(8)17)14-18-19-20-21(14)13-10(15)6-3-7-11(13)16/h2-7H,17H2,1H3. The molecule has 0 bridgehead atoms. The summed E-state index contributed by atoms with van der Waals surface area (Å²) in [6.07, 6.45) is 0. The number of hydrogen-bond donors (Lipinski definition) is 1. The van der Waals surface area contributed by atoms with Gasteiger partial charge in [0.2, 0.25) is 0 Å². The summed E-state index contributed by atoms with van der Waals surface area (Å²) in [5, 5.41) is 11.0. The average Bonchev–Trinajstić information content (AvgIpc) is 2.91. The fraction of sp³-hybridized carbons (Fsp3) is 0.0714. The molecule has 3 rings (SSSR count). The third kappa shape index (κ3) is 2.12. The first-order valence-corrected chi connectivity index (χ1v) is 6.18. The van der Waals surface area contributed by atoms with Gasteiger partial charge < -0.3 is 5.73 Å². The normalized spacial score (nSPS) is 10.8. The largest absolute Gasteiger partial charge is 0.398 e. The molecule has 7 heteroatoms. The fourth-order valence-corrected chi connectivity index (χ4v) is 2.07. The average molecular weight is 287 g/mol. The Morgan fingerprint density at radius 1 is 1.05 bits per heavy atom. The van der Waals surface area contributed by atoms with Crippen LogP contribution >= 0.6 is 0 Å². The summed E-state index contributed by atoms with van der Waals surface area (Å²) in [6.45, 7) is 1.83. The number of nitrogens with two attached hydrogens (primary N) is 1. The molecule has 0 unspecified atom stereocenters. The van der Waals surface area contributed by atoms with Gasteiger partial charge in [-0.05, 0) is 41.1 Å². The lowest BCUT2D eigenvalue weighted by Gasteiger charge is -2.09. The number of nitrogens with zero attached hydrogens (tertiary/aromatic N) is 4. The molecule has 0 aliphatic carbocycles. The molecular weight excluding hydrogens is 276 g/mol. The van der Waals surface area contributed by atoms with E-state index in [4.69, 9.17) is 5.73 Å². The van der Waals surface area contributed by atoms with Crippen LogP contribution in [0.5, 0.6) is 0 Å². The maximum absolute atomic E-state index is 13.9. The number of benzene rings is 2. The Morgan fingerprint density at radius 3 is 2.43 bits per heavy atom. The van der Waals surface area contributed by atoms with Gasteiger partial charge in [-0.3, -0.25) is 0 Å². The van der Waals surface area contributed by atoms with Gasteiger partial charge in [0.05, 0.1) is 0 Å². The molecule has 0 atom stereocenters. The molecule has 5 nitrogen and oxygen atoms in total. The van der Waals surface area contributed by atoms with Crippen LogP contribution in [0.25, 0.3) is 17.1 Å². The monoisotopic (exact) mass is 287 g/mol. The Morgan fingerprint density at radius 2 is 1.71 bits per heavy atom. The molecule has 2 N–H and O–H groups in total. The molecular formula is C14H11F2N5. The van der Waals surface area contributed by atoms with E-state index < -0.39 is 11.6 Å². The zero-order chi connectivity index (χ0) is 15.0. The molecule has 106 valence electrons. The van der Waals surface area contributed by atoms with E-state index >= 15 is 0 Å². The Bertz CT molecular complexity index is 793. The predicted octanol–water partition coefficient (Wildman–Crippen LogP) is 2.50. The minimum Gasteiger partial charge on any atom is -0.398 e. The summed E-state index contributed by atoms with van der Waals surface area (Å²) in [5.74, 6) is -1.33. The number of para-hydroxylation sites is 2. The van der Waals surface area contributed by atoms with Crippen molar-refractivity contribution in [3.63, 3.8) is 0 Å². The summed E-state index contributed by atoms with van der Waals surface area (Å²) in [4.78, 5) is 0. The Balaban J connectivity index is 2.25. The lowest BCUT2D eigenvalue weighted by atomic mass is 10.1. The van der Waals surface area contributed by atoms with Crippen molar-refractivity contribution in [2.45, 2.75) is 6.92 Å². The number of hydrogen-bond acceptors (Lipinski definition) is 4. The summed E-state index contributed by atoms with van der Waals surface area (Å²) < 4.78 is 28.8. The van der Waals surface area contributed by atoms with Crippen molar-refractivity contribution in [1.82, 2.24) is 20.2 Å². The van der Waals surface area contributed by atoms with Crippen molar-refractivity contribution in [3.05, 3.63) is 53.6 Å². The van der Waals surface area contributed by atoms with Crippen molar-refractivity contribution in [2.24, 2.45) is 0 Å². The summed E-state index contributed by atoms with van der Waals surface area (Å²) in [5.41, 5.74) is 7.47. The van der Waals surface area contributed by atoms with Gasteiger partial charge in [0.15, 0.2) is 17.5 Å². The number of aryl methyl sites for hydroxylation is 1. The first kappa shape index (κ1) is 13.2. The van der Waals surface area contributed by atoms with Crippen molar-refractivity contribution in [2.75, 3.05) is 5.73 Å². The van der Waals surface area contributed by atoms with Gasteiger partial charge in [-0.25, -0.2) is 8.78 Å². The van der Waals surface area contributed by atoms with Crippen LogP contribution in [0.3, 0.4) is 0 Å². The molecule has 0 aliphatic heterocycles. The van der Waals surface area contributed by atoms with Crippen LogP contribution in [0.15, 0.2) is 36.4 Å². The highest BCUT2D eigenvalue weighted by Crippen LogP contribution is 2.28. The van der Waals surface area contributed by atoms with Gasteiger partial charge in [-0.2, -0.15) is 4.68 Å². The van der Waals surface area contributed by atoms with E-state index in [1.54, 1.807) is 12.1 Å². The minimum atomic E-state index is -0.755. The maximum atomic E-state index is 13.9. The molecule has 3 aromatic rings. The second-order valence-corrected chi connectivity index (χ2v) is 4.52. The number of tetrazole rings is 1. The van der Waals surface area contributed by atoms with E-state index in [-0.39, 0.29) is 11.5 Å². The third-order valence-electron chi connectivity index (χ3n) is 3.18. The molecule has 0 spiro atoms. The predicted molar refractivity (Wildman–Crippen MR) is 73.7 cm³/mol. The van der Waals surface area contributed by atoms with Crippen LogP contribution in [-0.2, 0) is 0 Å². The minimum absolute atomic E-state index is 0.181. The number of anilines is 1. The zero-order valence-corrected chi connectivity index (χ0v) is 11.1. The summed E-state index contributed by atoms with van der Waals surface area (Å²) >= 11 is 0. The van der Waals surface area contributed by atoms with E-state index in [9.17, 15) is 8.78 Å². The Labute approximate surface area is 119 Å². The Kier molecular flexibility index (Phi) is 3.09. The van der Waals surface area contributed by atoms with Crippen molar-refractivity contribution in [3.8, 4) is 17.1 Å². The van der Waals surface area contributed by atoms with E-state index in [0.29, 0.717) is 11.3 Å². The van der Waals surface area contributed by atoms with E-state index in [0.717, 1.165) is 22.4 Å². The van der Waals surface area contributed by atoms with Crippen molar-refractivity contribution >= 4 is 5.69 Å². The van der Waals surface area contributed by atoms with Crippen LogP contribution in [0, 0.1) is 18.6 Å². The summed E-state index contributed by atoms with van der Waals surface area (Å²) in [7, 11) is 0. The van der Waals surface area contributed by atoms with Crippen LogP contribution < -0.4 is 5.73 Å². The second-order valence-electron chi connectivity index (χ2n) is 4.52. The Hall–Kier alpha value is -2.83. The van der Waals surface area contributed by atoms with E-state index in [2.05, 4.69) is 15.5 Å². The second kappa shape index (κ2) is 4.93. The van der Waals surface area contributed by atoms with Gasteiger partial charge in [0.25, 0.3) is 0 Å². The molecule has 1 aromatic heterocycles. The quantitative estimate of drug-likeness (QED) is 0.735. The lowest BCUT2D eigenvalue weighted by Crippen LogP contribution is -2.07. The fourth-order valence-electron chi connectivity index (χ4n) is 2.07. The van der Waals surface area contributed by atoms with Gasteiger partial charge in [0.1, 0.15) is 5.69 Å². The summed E-state index contributed by atoms with van der Waals surface area (Å²) in [6, 6.07) is 8.86. The van der Waals surface area contributed by atoms with Crippen molar-refractivity contribution < 1.29 is 8.78 Å². The molecule has 0 amide bonds. The molecule has 2 aromatic carbocycles. The van der Waals surface area contributed by atoms with E-state index in [1.165, 1.54) is 6.07 Å². The lowest BCUT2D eigenvalue weighted by molar-refractivity contribution is 0.557. The number of rotatable bonds is 2. The number of aromatic nitrogens is 4. The molecule has 0 radical (unpaired) electrons. The van der Waals surface area contributed by atoms with E-state index in [1.807, 2.05) is 13.0 Å². The molecule has 0 aliphatic rings. The third-order valence-corrected chi connectivity index (χ3v) is 3.18.